The molecule has 1 heterocycles. The summed E-state index contributed by atoms with van der Waals surface area (Å²) >= 11 is 0. The standard InChI is InChI=1S/C31H46N4O4S/c1-18(2)16-33-40(38,39)26-12-21-24(34-27(36)14-30(3,4)5)13-25(35-28(37)15-31(6,7)8)29(21)22-17-32-23(11-20(22)26)19-9-10-19/h11-12,17-19,24-25,33H,9-10,13-16H2,1-8H3,(H,34,36)(H,35,37)/t24-,25-/m1/s1. The number of pyridine rings is 1. The van der Waals surface area contributed by atoms with Gasteiger partial charge in [-0.05, 0) is 59.3 Å². The molecule has 4 rings (SSSR count). The van der Waals surface area contributed by atoms with E-state index in [0.717, 1.165) is 29.7 Å². The van der Waals surface area contributed by atoms with Crippen LogP contribution < -0.4 is 15.4 Å². The fraction of sp³-hybridized carbons (Fsp3) is 0.645. The molecular weight excluding hydrogens is 524 g/mol. The van der Waals surface area contributed by atoms with Crippen molar-refractivity contribution in [1.29, 1.82) is 0 Å². The Morgan fingerprint density at radius 3 is 2.02 bits per heavy atom. The predicted molar refractivity (Wildman–Crippen MR) is 158 cm³/mol. The zero-order chi connectivity index (χ0) is 29.6. The summed E-state index contributed by atoms with van der Waals surface area (Å²) in [5.41, 5.74) is 2.08. The molecule has 1 aromatic carbocycles. The van der Waals surface area contributed by atoms with E-state index in [0.29, 0.717) is 42.5 Å². The number of nitrogens with one attached hydrogen (secondary N) is 3. The number of benzene rings is 1. The van der Waals surface area contributed by atoms with Gasteiger partial charge < -0.3 is 10.6 Å². The van der Waals surface area contributed by atoms with Crippen molar-refractivity contribution in [2.75, 3.05) is 6.54 Å². The Hall–Kier alpha value is -2.52. The van der Waals surface area contributed by atoms with Crippen LogP contribution in [-0.2, 0) is 19.6 Å². The number of carbonyl (C=O) groups is 2. The number of rotatable bonds is 9. The molecule has 1 aromatic heterocycles. The molecular formula is C31H46N4O4S. The maximum atomic E-state index is 13.7. The summed E-state index contributed by atoms with van der Waals surface area (Å²) in [5.74, 6) is 0.320. The molecule has 3 N–H and O–H groups in total. The van der Waals surface area contributed by atoms with Crippen LogP contribution in [0.15, 0.2) is 23.2 Å². The van der Waals surface area contributed by atoms with Crippen LogP contribution >= 0.6 is 0 Å². The second-order valence-corrected chi connectivity index (χ2v) is 16.2. The van der Waals surface area contributed by atoms with E-state index in [4.69, 9.17) is 4.98 Å². The molecule has 2 aromatic rings. The lowest BCUT2D eigenvalue weighted by Crippen LogP contribution is -2.32. The van der Waals surface area contributed by atoms with Crippen molar-refractivity contribution in [3.05, 3.63) is 35.2 Å². The summed E-state index contributed by atoms with van der Waals surface area (Å²) in [7, 11) is -3.85. The topological polar surface area (TPSA) is 117 Å². The number of nitrogens with zero attached hydrogens (tertiary/aromatic N) is 1. The van der Waals surface area contributed by atoms with Gasteiger partial charge in [-0.25, -0.2) is 13.1 Å². The second kappa shape index (κ2) is 11.0. The van der Waals surface area contributed by atoms with E-state index in [2.05, 4.69) is 15.4 Å². The third-order valence-electron chi connectivity index (χ3n) is 7.29. The largest absolute Gasteiger partial charge is 0.349 e. The second-order valence-electron chi connectivity index (χ2n) is 14.5. The van der Waals surface area contributed by atoms with Crippen LogP contribution in [0.2, 0.25) is 0 Å². The summed E-state index contributed by atoms with van der Waals surface area (Å²) < 4.78 is 30.2. The highest BCUT2D eigenvalue weighted by Crippen LogP contribution is 2.47. The summed E-state index contributed by atoms with van der Waals surface area (Å²) in [6.07, 6.45) is 5.00. The van der Waals surface area contributed by atoms with Crippen LogP contribution in [0.4, 0.5) is 0 Å². The van der Waals surface area contributed by atoms with Gasteiger partial charge in [-0.2, -0.15) is 0 Å². The molecule has 40 heavy (non-hydrogen) atoms. The van der Waals surface area contributed by atoms with Gasteiger partial charge in [0.25, 0.3) is 0 Å². The minimum absolute atomic E-state index is 0.0730. The molecule has 0 aliphatic heterocycles. The normalized spacial score (nSPS) is 19.6. The van der Waals surface area contributed by atoms with E-state index in [-0.39, 0.29) is 39.5 Å². The zero-order valence-corrected chi connectivity index (χ0v) is 26.1. The van der Waals surface area contributed by atoms with E-state index in [9.17, 15) is 18.0 Å². The number of hydrogen-bond acceptors (Lipinski definition) is 5. The molecule has 1 saturated carbocycles. The number of amides is 2. The highest BCUT2D eigenvalue weighted by atomic mass is 32.2. The van der Waals surface area contributed by atoms with Crippen LogP contribution in [0.25, 0.3) is 10.8 Å². The van der Waals surface area contributed by atoms with Gasteiger partial charge in [0.05, 0.1) is 17.0 Å². The number of hydrogen-bond donors (Lipinski definition) is 3. The number of carbonyl (C=O) groups excluding carboxylic acids is 2. The molecule has 9 heteroatoms. The van der Waals surface area contributed by atoms with Crippen LogP contribution in [0.3, 0.4) is 0 Å². The first-order valence-corrected chi connectivity index (χ1v) is 16.0. The van der Waals surface area contributed by atoms with Crippen molar-refractivity contribution < 1.29 is 18.0 Å². The molecule has 2 aliphatic rings. The lowest BCUT2D eigenvalue weighted by Gasteiger charge is -2.22. The maximum Gasteiger partial charge on any atom is 0.241 e. The van der Waals surface area contributed by atoms with Crippen molar-refractivity contribution in [1.82, 2.24) is 20.3 Å². The Kier molecular flexibility index (Phi) is 8.41. The van der Waals surface area contributed by atoms with Crippen molar-refractivity contribution in [2.24, 2.45) is 16.7 Å². The summed E-state index contributed by atoms with van der Waals surface area (Å²) in [6.45, 7) is 16.3. The van der Waals surface area contributed by atoms with E-state index in [1.54, 1.807) is 12.3 Å². The Bertz CT molecular complexity index is 1400. The maximum absolute atomic E-state index is 13.7. The molecule has 2 amide bonds. The monoisotopic (exact) mass is 570 g/mol. The van der Waals surface area contributed by atoms with Gasteiger partial charge in [0.1, 0.15) is 0 Å². The van der Waals surface area contributed by atoms with E-state index >= 15 is 0 Å². The van der Waals surface area contributed by atoms with Crippen LogP contribution in [-0.4, -0.2) is 31.8 Å². The van der Waals surface area contributed by atoms with Gasteiger partial charge >= 0.3 is 0 Å². The SMILES string of the molecule is CC(C)CNS(=O)(=O)c1cc2c(c3cnc(C4CC4)cc13)[C@H](NC(=O)CC(C)(C)C)C[C@H]2NC(=O)CC(C)(C)C. The molecule has 8 nitrogen and oxygen atoms in total. The van der Waals surface area contributed by atoms with Gasteiger partial charge in [0.2, 0.25) is 21.8 Å². The molecule has 1 fully saturated rings. The minimum Gasteiger partial charge on any atom is -0.349 e. The van der Waals surface area contributed by atoms with E-state index < -0.39 is 16.1 Å². The van der Waals surface area contributed by atoms with Crippen molar-refractivity contribution in [3.8, 4) is 0 Å². The van der Waals surface area contributed by atoms with Crippen molar-refractivity contribution in [3.63, 3.8) is 0 Å². The van der Waals surface area contributed by atoms with Crippen LogP contribution in [0.1, 0.15) is 122 Å². The van der Waals surface area contributed by atoms with Crippen molar-refractivity contribution >= 4 is 32.6 Å². The summed E-state index contributed by atoms with van der Waals surface area (Å²) in [4.78, 5) is 31.1. The quantitative estimate of drug-likeness (QED) is 0.361. The molecule has 0 saturated heterocycles. The number of fused-ring (bicyclic) bond motifs is 3. The Morgan fingerprint density at radius 2 is 1.50 bits per heavy atom. The Balaban J connectivity index is 1.85. The van der Waals surface area contributed by atoms with Gasteiger partial charge in [0.15, 0.2) is 0 Å². The smallest absolute Gasteiger partial charge is 0.241 e. The molecule has 2 aliphatic carbocycles. The minimum atomic E-state index is -3.85. The molecule has 220 valence electrons. The fourth-order valence-corrected chi connectivity index (χ4v) is 6.85. The fourth-order valence-electron chi connectivity index (χ4n) is 5.40. The number of sulfonamides is 1. The van der Waals surface area contributed by atoms with Crippen LogP contribution in [0.5, 0.6) is 0 Å². The highest BCUT2D eigenvalue weighted by Gasteiger charge is 2.38. The first kappa shape index (κ1) is 30.4. The average Bonchev–Trinajstić information content (AvgIpc) is 3.58. The van der Waals surface area contributed by atoms with Gasteiger partial charge in [-0.1, -0.05) is 55.4 Å². The average molecular weight is 571 g/mol. The molecule has 0 radical (unpaired) electrons. The van der Waals surface area contributed by atoms with Gasteiger partial charge in [0, 0.05) is 48.0 Å². The van der Waals surface area contributed by atoms with Crippen molar-refractivity contribution in [2.45, 2.75) is 110 Å². The van der Waals surface area contributed by atoms with E-state index in [1.807, 2.05) is 61.5 Å². The third-order valence-corrected chi connectivity index (χ3v) is 8.76. The third kappa shape index (κ3) is 7.40. The Labute approximate surface area is 239 Å². The first-order valence-electron chi connectivity index (χ1n) is 14.5. The summed E-state index contributed by atoms with van der Waals surface area (Å²) in [6, 6.07) is 2.82. The van der Waals surface area contributed by atoms with Gasteiger partial charge in [-0.15, -0.1) is 0 Å². The molecule has 2 atom stereocenters. The van der Waals surface area contributed by atoms with E-state index in [1.165, 1.54) is 0 Å². The predicted octanol–water partition coefficient (Wildman–Crippen LogP) is 5.64. The Morgan fingerprint density at radius 1 is 0.925 bits per heavy atom. The lowest BCUT2D eigenvalue weighted by atomic mass is 9.91. The summed E-state index contributed by atoms with van der Waals surface area (Å²) in [5, 5.41) is 7.67. The van der Waals surface area contributed by atoms with Crippen LogP contribution in [0, 0.1) is 16.7 Å². The first-order chi connectivity index (χ1) is 18.4. The molecule has 0 unspecified atom stereocenters. The highest BCUT2D eigenvalue weighted by molar-refractivity contribution is 7.89. The zero-order valence-electron chi connectivity index (χ0n) is 25.3. The molecule has 0 spiro atoms. The lowest BCUT2D eigenvalue weighted by molar-refractivity contribution is -0.123. The molecule has 0 bridgehead atoms. The van der Waals surface area contributed by atoms with Gasteiger partial charge in [-0.3, -0.25) is 14.6 Å². The number of aromatic nitrogens is 1.